The monoisotopic (exact) mass is 378 g/mol. The number of carbonyl (C=O) groups excluding carboxylic acids is 2. The van der Waals surface area contributed by atoms with E-state index in [-0.39, 0.29) is 24.3 Å². The second kappa shape index (κ2) is 6.66. The van der Waals surface area contributed by atoms with E-state index in [4.69, 9.17) is 4.74 Å². The minimum Gasteiger partial charge on any atom is -0.476 e. The van der Waals surface area contributed by atoms with E-state index in [9.17, 15) is 9.59 Å². The molecule has 4 rings (SSSR count). The Morgan fingerprint density at radius 3 is 2.71 bits per heavy atom. The van der Waals surface area contributed by atoms with Crippen molar-refractivity contribution in [3.63, 3.8) is 0 Å². The average molecular weight is 378 g/mol. The molecule has 0 N–H and O–H groups in total. The first-order valence-corrected chi connectivity index (χ1v) is 9.79. The highest BCUT2D eigenvalue weighted by Gasteiger charge is 2.41. The van der Waals surface area contributed by atoms with Crippen molar-refractivity contribution >= 4 is 23.2 Å². The molecule has 5 heteroatoms. The fourth-order valence-corrected chi connectivity index (χ4v) is 4.17. The van der Waals surface area contributed by atoms with E-state index < -0.39 is 5.60 Å². The third-order valence-corrected chi connectivity index (χ3v) is 5.56. The fourth-order valence-electron chi connectivity index (χ4n) is 4.17. The minimum absolute atomic E-state index is 0.0451. The SMILES string of the molecule is Cc1ccc2c(c1)N(CCC(=O)N1c3ccccc3CC1C)C(=O)C(C)(C)O2. The van der Waals surface area contributed by atoms with Gasteiger partial charge >= 0.3 is 0 Å². The zero-order chi connectivity index (χ0) is 20.1. The molecule has 0 aromatic heterocycles. The zero-order valence-electron chi connectivity index (χ0n) is 16.9. The van der Waals surface area contributed by atoms with Crippen molar-refractivity contribution in [1.29, 1.82) is 0 Å². The average Bonchev–Trinajstić information content (AvgIpc) is 2.98. The molecule has 2 aliphatic heterocycles. The molecule has 2 heterocycles. The number of hydrogen-bond donors (Lipinski definition) is 0. The number of carbonyl (C=O) groups is 2. The zero-order valence-corrected chi connectivity index (χ0v) is 16.9. The van der Waals surface area contributed by atoms with Crippen LogP contribution in [0.15, 0.2) is 42.5 Å². The van der Waals surface area contributed by atoms with Crippen LogP contribution in [-0.2, 0) is 16.0 Å². The van der Waals surface area contributed by atoms with Gasteiger partial charge in [-0.05, 0) is 63.4 Å². The van der Waals surface area contributed by atoms with E-state index in [0.717, 1.165) is 23.4 Å². The number of hydrogen-bond acceptors (Lipinski definition) is 3. The van der Waals surface area contributed by atoms with Gasteiger partial charge in [0.2, 0.25) is 5.91 Å². The molecule has 146 valence electrons. The first kappa shape index (κ1) is 18.5. The van der Waals surface area contributed by atoms with E-state index in [1.807, 2.05) is 48.2 Å². The summed E-state index contributed by atoms with van der Waals surface area (Å²) < 4.78 is 5.90. The molecule has 2 aromatic rings. The van der Waals surface area contributed by atoms with Gasteiger partial charge in [-0.2, -0.15) is 0 Å². The predicted octanol–water partition coefficient (Wildman–Crippen LogP) is 3.87. The molecule has 0 fully saturated rings. The van der Waals surface area contributed by atoms with Crippen LogP contribution < -0.4 is 14.5 Å². The number of anilines is 2. The smallest absolute Gasteiger partial charge is 0.270 e. The third-order valence-electron chi connectivity index (χ3n) is 5.56. The first-order chi connectivity index (χ1) is 13.3. The highest BCUT2D eigenvalue weighted by Crippen LogP contribution is 2.39. The van der Waals surface area contributed by atoms with E-state index in [1.54, 1.807) is 18.7 Å². The number of para-hydroxylation sites is 1. The molecule has 0 radical (unpaired) electrons. The maximum Gasteiger partial charge on any atom is 0.270 e. The van der Waals surface area contributed by atoms with Crippen LogP contribution in [0.2, 0.25) is 0 Å². The van der Waals surface area contributed by atoms with Crippen LogP contribution in [0.25, 0.3) is 0 Å². The van der Waals surface area contributed by atoms with Crippen LogP contribution in [0.4, 0.5) is 11.4 Å². The quantitative estimate of drug-likeness (QED) is 0.815. The van der Waals surface area contributed by atoms with Crippen LogP contribution in [-0.4, -0.2) is 30.0 Å². The summed E-state index contributed by atoms with van der Waals surface area (Å²) in [7, 11) is 0. The highest BCUT2D eigenvalue weighted by molar-refractivity contribution is 6.03. The predicted molar refractivity (Wildman–Crippen MR) is 110 cm³/mol. The Hall–Kier alpha value is -2.82. The van der Waals surface area contributed by atoms with Gasteiger partial charge in [-0.25, -0.2) is 0 Å². The van der Waals surface area contributed by atoms with Gasteiger partial charge in [0.15, 0.2) is 5.60 Å². The second-order valence-electron chi connectivity index (χ2n) is 8.24. The van der Waals surface area contributed by atoms with Gasteiger partial charge in [0.1, 0.15) is 5.75 Å². The van der Waals surface area contributed by atoms with Gasteiger partial charge in [0.25, 0.3) is 5.91 Å². The number of fused-ring (bicyclic) bond motifs is 2. The molecule has 2 amide bonds. The molecule has 0 saturated heterocycles. The molecule has 0 saturated carbocycles. The number of ether oxygens (including phenoxy) is 1. The molecule has 28 heavy (non-hydrogen) atoms. The van der Waals surface area contributed by atoms with Crippen molar-refractivity contribution in [2.45, 2.75) is 52.2 Å². The van der Waals surface area contributed by atoms with Gasteiger partial charge < -0.3 is 14.5 Å². The summed E-state index contributed by atoms with van der Waals surface area (Å²) in [5.74, 6) is 0.611. The van der Waals surface area contributed by atoms with Crippen LogP contribution in [0.1, 0.15) is 38.3 Å². The van der Waals surface area contributed by atoms with Gasteiger partial charge in [-0.15, -0.1) is 0 Å². The first-order valence-electron chi connectivity index (χ1n) is 9.79. The molecule has 0 spiro atoms. The summed E-state index contributed by atoms with van der Waals surface area (Å²) in [5.41, 5.74) is 3.04. The van der Waals surface area contributed by atoms with Crippen LogP contribution in [0, 0.1) is 6.92 Å². The van der Waals surface area contributed by atoms with Gasteiger partial charge in [0.05, 0.1) is 5.69 Å². The van der Waals surface area contributed by atoms with Crippen molar-refractivity contribution in [3.8, 4) is 5.75 Å². The molecule has 0 bridgehead atoms. The van der Waals surface area contributed by atoms with Gasteiger partial charge in [-0.3, -0.25) is 9.59 Å². The Bertz CT molecular complexity index is 951. The standard InChI is InChI=1S/C23H26N2O3/c1-15-9-10-20-19(13-15)24(22(27)23(3,4)28-20)12-11-21(26)25-16(2)14-17-7-5-6-8-18(17)25/h5-10,13,16H,11-12,14H2,1-4H3. The molecule has 2 aromatic carbocycles. The van der Waals surface area contributed by atoms with Crippen molar-refractivity contribution in [1.82, 2.24) is 0 Å². The summed E-state index contributed by atoms with van der Waals surface area (Å²) in [6.07, 6.45) is 1.14. The molecule has 0 aliphatic carbocycles. The molecule has 5 nitrogen and oxygen atoms in total. The van der Waals surface area contributed by atoms with Crippen molar-refractivity contribution < 1.29 is 14.3 Å². The third kappa shape index (κ3) is 3.05. The number of benzene rings is 2. The fraction of sp³-hybridized carbons (Fsp3) is 0.391. The molecular formula is C23H26N2O3. The van der Waals surface area contributed by atoms with E-state index >= 15 is 0 Å². The Kier molecular flexibility index (Phi) is 4.41. The van der Waals surface area contributed by atoms with E-state index in [2.05, 4.69) is 13.0 Å². The Morgan fingerprint density at radius 1 is 1.18 bits per heavy atom. The maximum absolute atomic E-state index is 13.1. The molecular weight excluding hydrogens is 352 g/mol. The normalized spacial score (nSPS) is 19.9. The van der Waals surface area contributed by atoms with Gasteiger partial charge in [0, 0.05) is 24.7 Å². The Morgan fingerprint density at radius 2 is 1.93 bits per heavy atom. The lowest BCUT2D eigenvalue weighted by molar-refractivity contribution is -0.132. The lowest BCUT2D eigenvalue weighted by Gasteiger charge is -2.39. The minimum atomic E-state index is -0.946. The van der Waals surface area contributed by atoms with Crippen molar-refractivity contribution in [3.05, 3.63) is 53.6 Å². The number of nitrogens with zero attached hydrogens (tertiary/aromatic N) is 2. The van der Waals surface area contributed by atoms with Crippen LogP contribution in [0.3, 0.4) is 0 Å². The van der Waals surface area contributed by atoms with Crippen LogP contribution in [0.5, 0.6) is 5.75 Å². The van der Waals surface area contributed by atoms with E-state index in [1.165, 1.54) is 5.56 Å². The van der Waals surface area contributed by atoms with Gasteiger partial charge in [-0.1, -0.05) is 24.3 Å². The topological polar surface area (TPSA) is 49.9 Å². The van der Waals surface area contributed by atoms with Crippen LogP contribution >= 0.6 is 0 Å². The number of amides is 2. The molecule has 2 aliphatic rings. The second-order valence-corrected chi connectivity index (χ2v) is 8.24. The largest absolute Gasteiger partial charge is 0.476 e. The maximum atomic E-state index is 13.1. The highest BCUT2D eigenvalue weighted by atomic mass is 16.5. The summed E-state index contributed by atoms with van der Waals surface area (Å²) in [6, 6.07) is 14.0. The number of aryl methyl sites for hydroxylation is 1. The number of rotatable bonds is 3. The summed E-state index contributed by atoms with van der Waals surface area (Å²) in [6.45, 7) is 7.93. The lowest BCUT2D eigenvalue weighted by Crippen LogP contribution is -2.53. The lowest BCUT2D eigenvalue weighted by atomic mass is 10.0. The Labute approximate surface area is 165 Å². The summed E-state index contributed by atoms with van der Waals surface area (Å²) in [4.78, 5) is 29.6. The van der Waals surface area contributed by atoms with Crippen molar-refractivity contribution in [2.75, 3.05) is 16.3 Å². The Balaban J connectivity index is 1.57. The van der Waals surface area contributed by atoms with E-state index in [0.29, 0.717) is 12.3 Å². The summed E-state index contributed by atoms with van der Waals surface area (Å²) in [5, 5.41) is 0. The summed E-state index contributed by atoms with van der Waals surface area (Å²) >= 11 is 0. The molecule has 1 unspecified atom stereocenters. The molecule has 1 atom stereocenters. The van der Waals surface area contributed by atoms with Crippen molar-refractivity contribution in [2.24, 2.45) is 0 Å².